The van der Waals surface area contributed by atoms with E-state index in [1.165, 1.54) is 12.2 Å². The molecule has 0 saturated carbocycles. The number of rotatable bonds is 7. The Kier molecular flexibility index (Phi) is 6.75. The van der Waals surface area contributed by atoms with E-state index in [1.54, 1.807) is 12.2 Å². The van der Waals surface area contributed by atoms with Crippen LogP contribution in [0.2, 0.25) is 0 Å². The number of carbonyl (C=O) groups excluding carboxylic acids is 2. The van der Waals surface area contributed by atoms with Crippen molar-refractivity contribution in [3.63, 3.8) is 0 Å². The first-order valence-electron chi connectivity index (χ1n) is 10.5. The number of esters is 2. The first kappa shape index (κ1) is 20.8. The molecule has 0 bridgehead atoms. The predicted octanol–water partition coefficient (Wildman–Crippen LogP) is 3.88. The molecule has 0 N–H and O–H groups in total. The van der Waals surface area contributed by atoms with E-state index in [4.69, 9.17) is 9.47 Å². The Labute approximate surface area is 182 Å². The summed E-state index contributed by atoms with van der Waals surface area (Å²) in [6, 6.07) is 19.2. The minimum atomic E-state index is -0.388. The smallest absolute Gasteiger partial charge is 0.331 e. The maximum atomic E-state index is 12.3. The van der Waals surface area contributed by atoms with Crippen molar-refractivity contribution in [1.82, 2.24) is 4.90 Å². The van der Waals surface area contributed by atoms with Gasteiger partial charge in [-0.05, 0) is 35.3 Å². The van der Waals surface area contributed by atoms with E-state index in [0.29, 0.717) is 0 Å². The van der Waals surface area contributed by atoms with Gasteiger partial charge in [0.15, 0.2) is 0 Å². The molecule has 5 heteroatoms. The van der Waals surface area contributed by atoms with Crippen LogP contribution in [0.1, 0.15) is 17.5 Å². The summed E-state index contributed by atoms with van der Waals surface area (Å²) in [4.78, 5) is 26.7. The molecular weight excluding hydrogens is 390 g/mol. The van der Waals surface area contributed by atoms with E-state index in [2.05, 4.69) is 11.0 Å². The fourth-order valence-electron chi connectivity index (χ4n) is 3.97. The Hall–Kier alpha value is -3.44. The fourth-order valence-corrected chi connectivity index (χ4v) is 3.97. The molecule has 2 aromatic carbocycles. The lowest BCUT2D eigenvalue weighted by atomic mass is 10.1. The Morgan fingerprint density at radius 2 is 1.52 bits per heavy atom. The molecule has 158 valence electrons. The van der Waals surface area contributed by atoms with E-state index in [-0.39, 0.29) is 30.7 Å². The highest BCUT2D eigenvalue weighted by Gasteiger charge is 2.41. The van der Waals surface area contributed by atoms with Crippen LogP contribution < -0.4 is 0 Å². The molecule has 2 aliphatic rings. The van der Waals surface area contributed by atoms with Crippen LogP contribution in [0.4, 0.5) is 0 Å². The highest BCUT2D eigenvalue weighted by atomic mass is 16.5. The zero-order valence-corrected chi connectivity index (χ0v) is 17.2. The molecule has 0 aromatic heterocycles. The van der Waals surface area contributed by atoms with Crippen LogP contribution in [-0.4, -0.2) is 48.7 Å². The Morgan fingerprint density at radius 1 is 0.903 bits per heavy atom. The molecule has 0 aliphatic carbocycles. The minimum Gasteiger partial charge on any atom is -0.458 e. The second-order valence-electron chi connectivity index (χ2n) is 7.58. The molecule has 2 aliphatic heterocycles. The Morgan fingerprint density at radius 3 is 2.16 bits per heavy atom. The standard InChI is InChI=1S/C26H25NO4/c28-24(13-11-20-7-3-1-4-8-20)30-19-22-15-17-27-18-16-23(26(22)27)31-25(29)14-12-21-9-5-2-6-10-21/h1-15,23,26H,16-19H2/b13-11+,14-12+/t23-,26-/m1/s1. The predicted molar refractivity (Wildman–Crippen MR) is 120 cm³/mol. The molecule has 0 unspecified atom stereocenters. The summed E-state index contributed by atoms with van der Waals surface area (Å²) in [6.45, 7) is 1.84. The molecule has 1 fully saturated rings. The third-order valence-electron chi connectivity index (χ3n) is 5.49. The molecule has 2 heterocycles. The van der Waals surface area contributed by atoms with Gasteiger partial charge in [0.05, 0.1) is 6.04 Å². The topological polar surface area (TPSA) is 55.8 Å². The van der Waals surface area contributed by atoms with Crippen molar-refractivity contribution in [2.45, 2.75) is 18.6 Å². The van der Waals surface area contributed by atoms with Gasteiger partial charge in [0, 0.05) is 25.2 Å². The van der Waals surface area contributed by atoms with Gasteiger partial charge < -0.3 is 9.47 Å². The number of ether oxygens (including phenoxy) is 2. The van der Waals surface area contributed by atoms with Crippen LogP contribution in [0, 0.1) is 0 Å². The molecule has 0 radical (unpaired) electrons. The molecule has 5 nitrogen and oxygen atoms in total. The van der Waals surface area contributed by atoms with E-state index in [1.807, 2.05) is 60.7 Å². The molecule has 31 heavy (non-hydrogen) atoms. The van der Waals surface area contributed by atoms with Crippen molar-refractivity contribution in [2.75, 3.05) is 19.7 Å². The van der Waals surface area contributed by atoms with Gasteiger partial charge in [-0.25, -0.2) is 9.59 Å². The van der Waals surface area contributed by atoms with Gasteiger partial charge in [0.2, 0.25) is 0 Å². The third kappa shape index (κ3) is 5.58. The molecular formula is C26H25NO4. The van der Waals surface area contributed by atoms with Crippen molar-refractivity contribution in [1.29, 1.82) is 0 Å². The van der Waals surface area contributed by atoms with Crippen LogP contribution in [0.25, 0.3) is 12.2 Å². The molecule has 2 aromatic rings. The van der Waals surface area contributed by atoms with Crippen LogP contribution in [0.3, 0.4) is 0 Å². The van der Waals surface area contributed by atoms with E-state index < -0.39 is 0 Å². The maximum absolute atomic E-state index is 12.3. The van der Waals surface area contributed by atoms with E-state index >= 15 is 0 Å². The lowest BCUT2D eigenvalue weighted by Crippen LogP contribution is -2.35. The summed E-state index contributed by atoms with van der Waals surface area (Å²) in [5.41, 5.74) is 2.88. The monoisotopic (exact) mass is 415 g/mol. The normalized spacial score (nSPS) is 20.7. The minimum absolute atomic E-state index is 0.0278. The fraction of sp³-hybridized carbons (Fsp3) is 0.231. The molecule has 4 rings (SSSR count). The zero-order valence-electron chi connectivity index (χ0n) is 17.2. The molecule has 0 spiro atoms. The number of carbonyl (C=O) groups is 2. The summed E-state index contributed by atoms with van der Waals surface area (Å²) >= 11 is 0. The summed E-state index contributed by atoms with van der Waals surface area (Å²) in [6.07, 6.45) is 8.99. The van der Waals surface area contributed by atoms with Crippen molar-refractivity contribution in [2.24, 2.45) is 0 Å². The van der Waals surface area contributed by atoms with Crippen molar-refractivity contribution >= 4 is 24.1 Å². The second-order valence-corrected chi connectivity index (χ2v) is 7.58. The lowest BCUT2D eigenvalue weighted by Gasteiger charge is -2.23. The van der Waals surface area contributed by atoms with Gasteiger partial charge in [0.1, 0.15) is 12.7 Å². The maximum Gasteiger partial charge on any atom is 0.331 e. The van der Waals surface area contributed by atoms with Gasteiger partial charge in [-0.1, -0.05) is 66.7 Å². The highest BCUT2D eigenvalue weighted by molar-refractivity contribution is 5.87. The average Bonchev–Trinajstić information content (AvgIpc) is 3.39. The van der Waals surface area contributed by atoms with Crippen LogP contribution >= 0.6 is 0 Å². The first-order valence-corrected chi connectivity index (χ1v) is 10.5. The third-order valence-corrected chi connectivity index (χ3v) is 5.49. The Bertz CT molecular complexity index is 995. The average molecular weight is 415 g/mol. The molecule has 2 atom stereocenters. The SMILES string of the molecule is O=C(/C=C/c1ccccc1)OCC1=CCN2CC[C@@H](OC(=O)/C=C/c3ccccc3)[C@@H]12. The van der Waals surface area contributed by atoms with Gasteiger partial charge in [-0.3, -0.25) is 4.90 Å². The highest BCUT2D eigenvalue weighted by Crippen LogP contribution is 2.31. The van der Waals surface area contributed by atoms with Crippen molar-refractivity contribution < 1.29 is 19.1 Å². The first-order chi connectivity index (χ1) is 15.2. The number of hydrogen-bond donors (Lipinski definition) is 0. The number of nitrogens with zero attached hydrogens (tertiary/aromatic N) is 1. The summed E-state index contributed by atoms with van der Waals surface area (Å²) in [7, 11) is 0. The van der Waals surface area contributed by atoms with Gasteiger partial charge >= 0.3 is 11.9 Å². The molecule has 0 amide bonds. The van der Waals surface area contributed by atoms with Crippen LogP contribution in [-0.2, 0) is 19.1 Å². The van der Waals surface area contributed by atoms with Crippen LogP contribution in [0.5, 0.6) is 0 Å². The molecule has 1 saturated heterocycles. The van der Waals surface area contributed by atoms with Gasteiger partial charge in [-0.15, -0.1) is 0 Å². The van der Waals surface area contributed by atoms with Crippen molar-refractivity contribution in [3.8, 4) is 0 Å². The van der Waals surface area contributed by atoms with E-state index in [0.717, 1.165) is 36.2 Å². The summed E-state index contributed by atoms with van der Waals surface area (Å²) < 4.78 is 11.2. The van der Waals surface area contributed by atoms with Gasteiger partial charge in [-0.2, -0.15) is 0 Å². The van der Waals surface area contributed by atoms with Crippen molar-refractivity contribution in [3.05, 3.63) is 95.6 Å². The van der Waals surface area contributed by atoms with E-state index in [9.17, 15) is 9.59 Å². The van der Waals surface area contributed by atoms with Crippen LogP contribution in [0.15, 0.2) is 84.5 Å². The largest absolute Gasteiger partial charge is 0.458 e. The zero-order chi connectivity index (χ0) is 21.5. The lowest BCUT2D eigenvalue weighted by molar-refractivity contribution is -0.144. The number of benzene rings is 2. The quantitative estimate of drug-likeness (QED) is 0.390. The number of hydrogen-bond acceptors (Lipinski definition) is 5. The second kappa shape index (κ2) is 10.0. The number of fused-ring (bicyclic) bond motifs is 1. The van der Waals surface area contributed by atoms with Gasteiger partial charge in [0.25, 0.3) is 0 Å². The Balaban J connectivity index is 1.30. The summed E-state index contributed by atoms with van der Waals surface area (Å²) in [5, 5.41) is 0. The summed E-state index contributed by atoms with van der Waals surface area (Å²) in [5.74, 6) is -0.745.